The second-order valence-corrected chi connectivity index (χ2v) is 4.73. The molecule has 0 unspecified atom stereocenters. The van der Waals surface area contributed by atoms with Crippen LogP contribution in [0.1, 0.15) is 18.5 Å². The summed E-state index contributed by atoms with van der Waals surface area (Å²) in [5.74, 6) is 0.138. The van der Waals surface area contributed by atoms with Crippen LogP contribution in [-0.2, 0) is 9.53 Å². The number of hydrogen-bond acceptors (Lipinski definition) is 4. The van der Waals surface area contributed by atoms with E-state index in [9.17, 15) is 9.59 Å². The molecular weight excluding hydrogens is 284 g/mol. The number of benzene rings is 1. The molecule has 1 aromatic carbocycles. The molecule has 116 valence electrons. The number of rotatable bonds is 5. The number of nitrogens with one attached hydrogen (secondary N) is 2. The van der Waals surface area contributed by atoms with Crippen LogP contribution in [0.2, 0.25) is 0 Å². The lowest BCUT2D eigenvalue weighted by Crippen LogP contribution is -2.45. The van der Waals surface area contributed by atoms with Crippen LogP contribution in [0.25, 0.3) is 0 Å². The van der Waals surface area contributed by atoms with Gasteiger partial charge < -0.3 is 20.1 Å². The van der Waals surface area contributed by atoms with Crippen LogP contribution in [0.4, 0.5) is 4.79 Å². The van der Waals surface area contributed by atoms with Crippen molar-refractivity contribution in [2.45, 2.75) is 13.0 Å². The Morgan fingerprint density at radius 1 is 1.45 bits per heavy atom. The second kappa shape index (κ2) is 6.80. The summed E-state index contributed by atoms with van der Waals surface area (Å²) < 4.78 is 10.3. The van der Waals surface area contributed by atoms with Crippen LogP contribution < -0.4 is 15.4 Å². The number of esters is 1. The summed E-state index contributed by atoms with van der Waals surface area (Å²) in [6, 6.07) is 6.22. The standard InChI is InChI=1S/C16H18N2O4/c1-4-8-22-12-7-5-6-11(9-12)14-13(15(19)21-3)10(2)17-16(20)18-14/h4-7,9,14H,1,8H2,2-3H3,(H2,17,18,20)/t14-/m0/s1. The van der Waals surface area contributed by atoms with Crippen LogP contribution in [0.15, 0.2) is 48.2 Å². The Labute approximate surface area is 128 Å². The monoisotopic (exact) mass is 302 g/mol. The summed E-state index contributed by atoms with van der Waals surface area (Å²) in [6.45, 7) is 5.63. The van der Waals surface area contributed by atoms with Crippen LogP contribution in [0, 0.1) is 0 Å². The summed E-state index contributed by atoms with van der Waals surface area (Å²) >= 11 is 0. The lowest BCUT2D eigenvalue weighted by molar-refractivity contribution is -0.136. The Morgan fingerprint density at radius 2 is 2.23 bits per heavy atom. The third kappa shape index (κ3) is 3.28. The number of amides is 2. The van der Waals surface area contributed by atoms with Crippen molar-refractivity contribution >= 4 is 12.0 Å². The zero-order chi connectivity index (χ0) is 16.1. The maximum atomic E-state index is 12.0. The van der Waals surface area contributed by atoms with Gasteiger partial charge in [0, 0.05) is 5.70 Å². The van der Waals surface area contributed by atoms with Gasteiger partial charge in [0.2, 0.25) is 0 Å². The van der Waals surface area contributed by atoms with Gasteiger partial charge in [-0.3, -0.25) is 0 Å². The van der Waals surface area contributed by atoms with E-state index >= 15 is 0 Å². The van der Waals surface area contributed by atoms with E-state index in [-0.39, 0.29) is 6.03 Å². The van der Waals surface area contributed by atoms with Gasteiger partial charge in [-0.15, -0.1) is 0 Å². The molecule has 0 radical (unpaired) electrons. The lowest BCUT2D eigenvalue weighted by atomic mass is 9.95. The van der Waals surface area contributed by atoms with Gasteiger partial charge in [-0.25, -0.2) is 9.59 Å². The molecule has 1 heterocycles. The molecule has 22 heavy (non-hydrogen) atoms. The first-order valence-electron chi connectivity index (χ1n) is 6.77. The van der Waals surface area contributed by atoms with Crippen molar-refractivity contribution in [2.24, 2.45) is 0 Å². The molecule has 6 nitrogen and oxygen atoms in total. The van der Waals surface area contributed by atoms with Gasteiger partial charge >= 0.3 is 12.0 Å². The van der Waals surface area contributed by atoms with Crippen molar-refractivity contribution in [3.8, 4) is 5.75 Å². The highest BCUT2D eigenvalue weighted by molar-refractivity contribution is 5.94. The van der Waals surface area contributed by atoms with Crippen molar-refractivity contribution < 1.29 is 19.1 Å². The Hall–Kier alpha value is -2.76. The van der Waals surface area contributed by atoms with Crippen LogP contribution in [0.3, 0.4) is 0 Å². The second-order valence-electron chi connectivity index (χ2n) is 4.73. The maximum absolute atomic E-state index is 12.0. The number of carbonyl (C=O) groups is 2. The van der Waals surface area contributed by atoms with Gasteiger partial charge in [-0.05, 0) is 24.6 Å². The molecule has 1 atom stereocenters. The zero-order valence-corrected chi connectivity index (χ0v) is 12.5. The third-order valence-electron chi connectivity index (χ3n) is 3.23. The van der Waals surface area contributed by atoms with Crippen molar-refractivity contribution in [3.05, 3.63) is 53.8 Å². The Bertz CT molecular complexity index is 637. The van der Waals surface area contributed by atoms with E-state index in [2.05, 4.69) is 17.2 Å². The van der Waals surface area contributed by atoms with Crippen molar-refractivity contribution in [1.29, 1.82) is 0 Å². The highest BCUT2D eigenvalue weighted by Crippen LogP contribution is 2.29. The summed E-state index contributed by atoms with van der Waals surface area (Å²) in [6.07, 6.45) is 1.64. The first-order chi connectivity index (χ1) is 10.6. The van der Waals surface area contributed by atoms with E-state index in [1.807, 2.05) is 6.07 Å². The van der Waals surface area contributed by atoms with Gasteiger partial charge in [0.15, 0.2) is 0 Å². The quantitative estimate of drug-likeness (QED) is 0.644. The zero-order valence-electron chi connectivity index (χ0n) is 12.5. The van der Waals surface area contributed by atoms with E-state index in [0.717, 1.165) is 5.56 Å². The summed E-state index contributed by atoms with van der Waals surface area (Å²) in [7, 11) is 1.31. The maximum Gasteiger partial charge on any atom is 0.337 e. The molecule has 6 heteroatoms. The topological polar surface area (TPSA) is 76.7 Å². The number of allylic oxidation sites excluding steroid dienone is 1. The Balaban J connectivity index is 2.39. The molecule has 0 aliphatic carbocycles. The molecule has 0 bridgehead atoms. The molecule has 1 aliphatic rings. The van der Waals surface area contributed by atoms with Gasteiger partial charge in [0.05, 0.1) is 18.7 Å². The molecule has 1 aromatic rings. The molecule has 0 saturated heterocycles. The van der Waals surface area contributed by atoms with Gasteiger partial charge in [-0.1, -0.05) is 24.8 Å². The summed E-state index contributed by atoms with van der Waals surface area (Å²) in [5.41, 5.74) is 1.57. The fourth-order valence-corrected chi connectivity index (χ4v) is 2.26. The number of urea groups is 1. The van der Waals surface area contributed by atoms with Crippen molar-refractivity contribution in [3.63, 3.8) is 0 Å². The van der Waals surface area contributed by atoms with Crippen LogP contribution in [0.5, 0.6) is 5.75 Å². The minimum atomic E-state index is -0.589. The average Bonchev–Trinajstić information content (AvgIpc) is 2.51. The highest BCUT2D eigenvalue weighted by atomic mass is 16.5. The molecule has 0 aromatic heterocycles. The minimum absolute atomic E-state index is 0.364. The summed E-state index contributed by atoms with van der Waals surface area (Å²) in [4.78, 5) is 23.7. The average molecular weight is 302 g/mol. The number of ether oxygens (including phenoxy) is 2. The third-order valence-corrected chi connectivity index (χ3v) is 3.23. The summed E-state index contributed by atoms with van der Waals surface area (Å²) in [5, 5.41) is 5.30. The Kier molecular flexibility index (Phi) is 4.83. The van der Waals surface area contributed by atoms with Gasteiger partial charge in [-0.2, -0.15) is 0 Å². The molecule has 2 amide bonds. The van der Waals surface area contributed by atoms with E-state index in [0.29, 0.717) is 23.6 Å². The molecule has 2 N–H and O–H groups in total. The van der Waals surface area contributed by atoms with Gasteiger partial charge in [0.1, 0.15) is 12.4 Å². The van der Waals surface area contributed by atoms with Gasteiger partial charge in [0.25, 0.3) is 0 Å². The van der Waals surface area contributed by atoms with Crippen LogP contribution >= 0.6 is 0 Å². The highest BCUT2D eigenvalue weighted by Gasteiger charge is 2.31. The molecule has 2 rings (SSSR count). The van der Waals surface area contributed by atoms with E-state index in [1.54, 1.807) is 31.2 Å². The Morgan fingerprint density at radius 3 is 2.91 bits per heavy atom. The molecule has 0 fully saturated rings. The fourth-order valence-electron chi connectivity index (χ4n) is 2.26. The van der Waals surface area contributed by atoms with Crippen LogP contribution in [-0.4, -0.2) is 25.7 Å². The molecular formula is C16H18N2O4. The first-order valence-corrected chi connectivity index (χ1v) is 6.77. The number of methoxy groups -OCH3 is 1. The SMILES string of the molecule is C=CCOc1cccc([C@@H]2NC(=O)NC(C)=C2C(=O)OC)c1. The van der Waals surface area contributed by atoms with Crippen molar-refractivity contribution in [2.75, 3.05) is 13.7 Å². The minimum Gasteiger partial charge on any atom is -0.490 e. The van der Waals surface area contributed by atoms with E-state index in [1.165, 1.54) is 7.11 Å². The first kappa shape index (κ1) is 15.6. The van der Waals surface area contributed by atoms with E-state index < -0.39 is 12.0 Å². The molecule has 0 saturated carbocycles. The normalized spacial score (nSPS) is 17.4. The number of hydrogen-bond donors (Lipinski definition) is 2. The largest absolute Gasteiger partial charge is 0.490 e. The number of carbonyl (C=O) groups excluding carboxylic acids is 2. The predicted molar refractivity (Wildman–Crippen MR) is 81.3 cm³/mol. The smallest absolute Gasteiger partial charge is 0.337 e. The van der Waals surface area contributed by atoms with Crippen molar-refractivity contribution in [1.82, 2.24) is 10.6 Å². The lowest BCUT2D eigenvalue weighted by Gasteiger charge is -2.28. The van der Waals surface area contributed by atoms with E-state index in [4.69, 9.17) is 9.47 Å². The molecule has 1 aliphatic heterocycles. The fraction of sp³-hybridized carbons (Fsp3) is 0.250. The predicted octanol–water partition coefficient (Wildman–Crippen LogP) is 2.05. The molecule has 0 spiro atoms.